The van der Waals surface area contributed by atoms with Crippen LogP contribution in [-0.2, 0) is 6.54 Å². The zero-order valence-corrected chi connectivity index (χ0v) is 14.2. The first-order valence-electron chi connectivity index (χ1n) is 9.17. The highest BCUT2D eigenvalue weighted by atomic mass is 16.5. The van der Waals surface area contributed by atoms with Crippen molar-refractivity contribution in [3.05, 3.63) is 29.8 Å². The zero-order valence-electron chi connectivity index (χ0n) is 14.2. The zero-order chi connectivity index (χ0) is 16.8. The molecule has 1 saturated heterocycles. The molecule has 1 heterocycles. The van der Waals surface area contributed by atoms with Crippen molar-refractivity contribution in [3.8, 4) is 5.75 Å². The molecule has 1 unspecified atom stereocenters. The second-order valence-corrected chi connectivity index (χ2v) is 6.85. The number of amides is 2. The second-order valence-electron chi connectivity index (χ2n) is 6.85. The molecular weight excluding hydrogens is 304 g/mol. The summed E-state index contributed by atoms with van der Waals surface area (Å²) in [5.74, 6) is 0.914. The maximum absolute atomic E-state index is 12.2. The van der Waals surface area contributed by atoms with Crippen molar-refractivity contribution >= 4 is 6.03 Å². The summed E-state index contributed by atoms with van der Waals surface area (Å²) in [4.78, 5) is 13.9. The fourth-order valence-electron chi connectivity index (χ4n) is 3.63. The molecule has 5 heteroatoms. The molecule has 0 spiro atoms. The summed E-state index contributed by atoms with van der Waals surface area (Å²) in [5.41, 5.74) is 1.05. The quantitative estimate of drug-likeness (QED) is 0.871. The van der Waals surface area contributed by atoms with Gasteiger partial charge in [0, 0.05) is 13.1 Å². The summed E-state index contributed by atoms with van der Waals surface area (Å²) in [6, 6.07) is 7.87. The van der Waals surface area contributed by atoms with Crippen LogP contribution in [-0.4, -0.2) is 41.3 Å². The molecule has 1 saturated carbocycles. The molecule has 0 aromatic heterocycles. The van der Waals surface area contributed by atoms with Gasteiger partial charge in [0.05, 0.1) is 18.8 Å². The third-order valence-electron chi connectivity index (χ3n) is 5.07. The van der Waals surface area contributed by atoms with Gasteiger partial charge >= 0.3 is 6.03 Å². The van der Waals surface area contributed by atoms with Crippen molar-refractivity contribution in [2.24, 2.45) is 0 Å². The number of benzene rings is 1. The Morgan fingerprint density at radius 2 is 1.88 bits per heavy atom. The number of aliphatic hydroxyl groups is 1. The van der Waals surface area contributed by atoms with Crippen LogP contribution in [0.3, 0.4) is 0 Å². The fraction of sp³-hybridized carbons (Fsp3) is 0.632. The lowest BCUT2D eigenvalue weighted by Gasteiger charge is -2.24. The topological polar surface area (TPSA) is 61.8 Å². The minimum Gasteiger partial charge on any atom is -0.490 e. The Morgan fingerprint density at radius 1 is 1.12 bits per heavy atom. The third kappa shape index (κ3) is 4.41. The Morgan fingerprint density at radius 3 is 2.58 bits per heavy atom. The van der Waals surface area contributed by atoms with E-state index in [9.17, 15) is 9.90 Å². The molecule has 3 rings (SSSR count). The lowest BCUT2D eigenvalue weighted by atomic mass is 9.98. The van der Waals surface area contributed by atoms with Gasteiger partial charge in [-0.1, -0.05) is 18.6 Å². The van der Waals surface area contributed by atoms with E-state index in [0.29, 0.717) is 12.6 Å². The van der Waals surface area contributed by atoms with Gasteiger partial charge < -0.3 is 20.1 Å². The molecule has 132 valence electrons. The van der Waals surface area contributed by atoms with Gasteiger partial charge in [0.15, 0.2) is 0 Å². The van der Waals surface area contributed by atoms with Gasteiger partial charge in [-0.05, 0) is 56.2 Å². The predicted octanol–water partition coefficient (Wildman–Crippen LogP) is 3.06. The fourth-order valence-corrected chi connectivity index (χ4v) is 3.63. The Labute approximate surface area is 144 Å². The van der Waals surface area contributed by atoms with Gasteiger partial charge in [-0.2, -0.15) is 0 Å². The lowest BCUT2D eigenvalue weighted by Crippen LogP contribution is -2.43. The van der Waals surface area contributed by atoms with Gasteiger partial charge in [-0.15, -0.1) is 0 Å². The van der Waals surface area contributed by atoms with Gasteiger partial charge in [0.2, 0.25) is 0 Å². The van der Waals surface area contributed by atoms with E-state index in [1.807, 2.05) is 24.3 Å². The molecule has 1 aromatic carbocycles. The molecular formula is C19H28N2O3. The van der Waals surface area contributed by atoms with E-state index in [2.05, 4.69) is 5.32 Å². The number of nitrogens with one attached hydrogen (secondary N) is 1. The number of carbonyl (C=O) groups is 1. The number of likely N-dealkylation sites (tertiary alicyclic amines) is 1. The number of ether oxygens (including phenoxy) is 1. The minimum atomic E-state index is -0.0888. The minimum absolute atomic E-state index is 0.0312. The number of nitrogens with zero attached hydrogens (tertiary/aromatic N) is 1. The number of hydrogen-bond acceptors (Lipinski definition) is 3. The first-order valence-corrected chi connectivity index (χ1v) is 9.17. The summed E-state index contributed by atoms with van der Waals surface area (Å²) >= 11 is 0. The van der Waals surface area contributed by atoms with E-state index in [-0.39, 0.29) is 18.7 Å². The molecule has 2 N–H and O–H groups in total. The number of hydrogen-bond donors (Lipinski definition) is 2. The average molecular weight is 332 g/mol. The molecule has 1 aliphatic heterocycles. The van der Waals surface area contributed by atoms with Crippen molar-refractivity contribution in [1.29, 1.82) is 0 Å². The number of rotatable bonds is 5. The largest absolute Gasteiger partial charge is 0.490 e. The molecule has 1 aliphatic carbocycles. The Hall–Kier alpha value is -1.75. The summed E-state index contributed by atoms with van der Waals surface area (Å²) in [7, 11) is 0. The number of aliphatic hydroxyl groups excluding tert-OH is 1. The van der Waals surface area contributed by atoms with Crippen LogP contribution in [0, 0.1) is 0 Å². The van der Waals surface area contributed by atoms with Gasteiger partial charge in [0.25, 0.3) is 0 Å². The highest BCUT2D eigenvalue weighted by Crippen LogP contribution is 2.23. The summed E-state index contributed by atoms with van der Waals surface area (Å²) in [5, 5.41) is 12.2. The van der Waals surface area contributed by atoms with E-state index in [4.69, 9.17) is 4.74 Å². The van der Waals surface area contributed by atoms with Gasteiger partial charge in [-0.25, -0.2) is 4.79 Å². The first-order chi connectivity index (χ1) is 11.8. The Balaban J connectivity index is 1.46. The van der Waals surface area contributed by atoms with Crippen LogP contribution in [0.25, 0.3) is 0 Å². The van der Waals surface area contributed by atoms with Crippen LogP contribution in [0.15, 0.2) is 24.3 Å². The van der Waals surface area contributed by atoms with Crippen molar-refractivity contribution in [2.75, 3.05) is 13.2 Å². The summed E-state index contributed by atoms with van der Waals surface area (Å²) in [6.45, 7) is 1.27. The molecule has 1 aromatic rings. The molecule has 2 fully saturated rings. The molecule has 2 amide bonds. The number of urea groups is 1. The van der Waals surface area contributed by atoms with Crippen molar-refractivity contribution in [3.63, 3.8) is 0 Å². The maximum Gasteiger partial charge on any atom is 0.317 e. The van der Waals surface area contributed by atoms with Crippen LogP contribution in [0.5, 0.6) is 5.75 Å². The smallest absolute Gasteiger partial charge is 0.317 e. The summed E-state index contributed by atoms with van der Waals surface area (Å²) < 4.78 is 6.02. The van der Waals surface area contributed by atoms with Crippen LogP contribution < -0.4 is 10.1 Å². The Bertz CT molecular complexity index is 526. The SMILES string of the molecule is O=C(NCc1ccc(OC2CCCCC2)cc1)N1CCCC1CO. The van der Waals surface area contributed by atoms with Crippen molar-refractivity contribution in [1.82, 2.24) is 10.2 Å². The van der Waals surface area contributed by atoms with Crippen LogP contribution in [0.4, 0.5) is 4.79 Å². The van der Waals surface area contributed by atoms with Gasteiger partial charge in [0.1, 0.15) is 5.75 Å². The van der Waals surface area contributed by atoms with Crippen LogP contribution >= 0.6 is 0 Å². The normalized spacial score (nSPS) is 21.7. The molecule has 24 heavy (non-hydrogen) atoms. The van der Waals surface area contributed by atoms with E-state index in [1.165, 1.54) is 19.3 Å². The lowest BCUT2D eigenvalue weighted by molar-refractivity contribution is 0.155. The van der Waals surface area contributed by atoms with Crippen molar-refractivity contribution in [2.45, 2.75) is 63.6 Å². The summed E-state index contributed by atoms with van der Waals surface area (Å²) in [6.07, 6.45) is 8.37. The first kappa shape index (κ1) is 17.1. The molecule has 2 aliphatic rings. The second kappa shape index (κ2) is 8.38. The molecule has 0 radical (unpaired) electrons. The van der Waals surface area contributed by atoms with E-state index < -0.39 is 0 Å². The van der Waals surface area contributed by atoms with E-state index >= 15 is 0 Å². The highest BCUT2D eigenvalue weighted by Gasteiger charge is 2.27. The molecule has 1 atom stereocenters. The Kier molecular flexibility index (Phi) is 5.96. The van der Waals surface area contributed by atoms with Gasteiger partial charge in [-0.3, -0.25) is 0 Å². The van der Waals surface area contributed by atoms with Crippen LogP contribution in [0.1, 0.15) is 50.5 Å². The third-order valence-corrected chi connectivity index (χ3v) is 5.07. The monoisotopic (exact) mass is 332 g/mol. The van der Waals surface area contributed by atoms with E-state index in [1.54, 1.807) is 4.90 Å². The number of carbonyl (C=O) groups excluding carboxylic acids is 1. The molecule has 5 nitrogen and oxygen atoms in total. The standard InChI is InChI=1S/C19H28N2O3/c22-14-16-5-4-12-21(16)19(23)20-13-15-8-10-18(11-9-15)24-17-6-2-1-3-7-17/h8-11,16-17,22H,1-7,12-14H2,(H,20,23). The molecule has 0 bridgehead atoms. The van der Waals surface area contributed by atoms with Crippen LogP contribution in [0.2, 0.25) is 0 Å². The highest BCUT2D eigenvalue weighted by molar-refractivity contribution is 5.74. The van der Waals surface area contributed by atoms with E-state index in [0.717, 1.165) is 43.5 Å². The maximum atomic E-state index is 12.2. The van der Waals surface area contributed by atoms with Crippen molar-refractivity contribution < 1.29 is 14.6 Å². The average Bonchev–Trinajstić information content (AvgIpc) is 3.10. The predicted molar refractivity (Wildman–Crippen MR) is 93.0 cm³/mol.